The minimum Gasteiger partial charge on any atom is -0.384 e. The molecule has 80 valence electrons. The monoisotopic (exact) mass is 251 g/mol. The molecule has 0 spiro atoms. The van der Waals surface area contributed by atoms with Gasteiger partial charge in [-0.1, -0.05) is 11.6 Å². The molecule has 1 atom stereocenters. The highest BCUT2D eigenvalue weighted by Gasteiger charge is 2.11. The third-order valence-electron chi connectivity index (χ3n) is 1.73. The quantitative estimate of drug-likeness (QED) is 0.790. The second kappa shape index (κ2) is 6.69. The van der Waals surface area contributed by atoms with Gasteiger partial charge in [0.1, 0.15) is 0 Å². The van der Waals surface area contributed by atoms with Crippen molar-refractivity contribution in [3.05, 3.63) is 21.3 Å². The number of methoxy groups -OCH3 is 1. The van der Waals surface area contributed by atoms with Crippen LogP contribution in [0.5, 0.6) is 0 Å². The summed E-state index contributed by atoms with van der Waals surface area (Å²) in [7, 11) is 1.71. The molecule has 0 fully saturated rings. The van der Waals surface area contributed by atoms with E-state index < -0.39 is 0 Å². The molecular weight excluding hydrogens is 238 g/mol. The number of hydrogen-bond acceptors (Lipinski definition) is 4. The Morgan fingerprint density at radius 3 is 2.93 bits per heavy atom. The summed E-state index contributed by atoms with van der Waals surface area (Å²) in [4.78, 5) is 1.25. The summed E-state index contributed by atoms with van der Waals surface area (Å²) in [6.07, 6.45) is 0. The van der Waals surface area contributed by atoms with Crippen LogP contribution in [-0.2, 0) is 4.74 Å². The van der Waals surface area contributed by atoms with Crippen LogP contribution in [0.15, 0.2) is 12.1 Å². The first-order valence-electron chi connectivity index (χ1n) is 4.33. The first-order valence-corrected chi connectivity index (χ1v) is 6.58. The molecule has 0 saturated carbocycles. The molecule has 0 aliphatic carbocycles. The fraction of sp³-hybridized carbons (Fsp3) is 0.556. The zero-order chi connectivity index (χ0) is 10.4. The minimum atomic E-state index is 0.350. The van der Waals surface area contributed by atoms with E-state index in [1.165, 1.54) is 4.88 Å². The molecule has 0 aliphatic rings. The van der Waals surface area contributed by atoms with Gasteiger partial charge in [0.2, 0.25) is 0 Å². The Kier molecular flexibility index (Phi) is 5.89. The van der Waals surface area contributed by atoms with E-state index in [1.807, 2.05) is 23.9 Å². The second-order valence-corrected chi connectivity index (χ2v) is 5.79. The Bertz CT molecular complexity index is 267. The maximum absolute atomic E-state index is 5.87. The Morgan fingerprint density at radius 1 is 1.64 bits per heavy atom. The zero-order valence-corrected chi connectivity index (χ0v) is 10.4. The lowest BCUT2D eigenvalue weighted by atomic mass is 10.3. The molecule has 1 aromatic rings. The highest BCUT2D eigenvalue weighted by molar-refractivity contribution is 7.99. The number of ether oxygens (including phenoxy) is 1. The van der Waals surface area contributed by atoms with Crippen molar-refractivity contribution in [3.63, 3.8) is 0 Å². The van der Waals surface area contributed by atoms with E-state index in [4.69, 9.17) is 22.1 Å². The van der Waals surface area contributed by atoms with Crippen molar-refractivity contribution in [2.45, 2.75) is 5.25 Å². The molecule has 2 nitrogen and oxygen atoms in total. The molecule has 0 saturated heterocycles. The molecule has 14 heavy (non-hydrogen) atoms. The fourth-order valence-electron chi connectivity index (χ4n) is 1.04. The van der Waals surface area contributed by atoms with Gasteiger partial charge in [-0.25, -0.2) is 0 Å². The van der Waals surface area contributed by atoms with Crippen LogP contribution in [0.4, 0.5) is 0 Å². The van der Waals surface area contributed by atoms with Crippen molar-refractivity contribution in [2.24, 2.45) is 5.73 Å². The Morgan fingerprint density at radius 2 is 2.43 bits per heavy atom. The van der Waals surface area contributed by atoms with E-state index in [2.05, 4.69) is 0 Å². The van der Waals surface area contributed by atoms with Gasteiger partial charge in [0, 0.05) is 24.3 Å². The third-order valence-corrected chi connectivity index (χ3v) is 4.48. The summed E-state index contributed by atoms with van der Waals surface area (Å²) >= 11 is 9.28. The van der Waals surface area contributed by atoms with Gasteiger partial charge in [-0.05, 0) is 12.1 Å². The summed E-state index contributed by atoms with van der Waals surface area (Å²) in [6, 6.07) is 3.96. The van der Waals surface area contributed by atoms with Gasteiger partial charge in [0.05, 0.1) is 16.2 Å². The third kappa shape index (κ3) is 3.79. The molecule has 0 bridgehead atoms. The summed E-state index contributed by atoms with van der Waals surface area (Å²) in [5, 5.41) is 0.350. The molecular formula is C9H14ClNOS2. The van der Waals surface area contributed by atoms with Crippen molar-refractivity contribution >= 4 is 34.7 Å². The van der Waals surface area contributed by atoms with E-state index in [9.17, 15) is 0 Å². The summed E-state index contributed by atoms with van der Waals surface area (Å²) in [5.74, 6) is 0.966. The number of halogens is 1. The van der Waals surface area contributed by atoms with Crippen molar-refractivity contribution in [1.82, 2.24) is 0 Å². The zero-order valence-electron chi connectivity index (χ0n) is 8.03. The van der Waals surface area contributed by atoms with Gasteiger partial charge in [-0.3, -0.25) is 0 Å². The topological polar surface area (TPSA) is 35.2 Å². The second-order valence-electron chi connectivity index (χ2n) is 2.73. The van der Waals surface area contributed by atoms with Crippen molar-refractivity contribution in [2.75, 3.05) is 26.0 Å². The Hall–Kier alpha value is 0.260. The van der Waals surface area contributed by atoms with Crippen LogP contribution < -0.4 is 5.73 Å². The molecule has 0 amide bonds. The predicted octanol–water partition coefficient (Wildman–Crippen LogP) is 2.78. The van der Waals surface area contributed by atoms with E-state index >= 15 is 0 Å². The lowest BCUT2D eigenvalue weighted by Gasteiger charge is -2.11. The SMILES string of the molecule is COCCSC(CN)c1ccc(Cl)s1. The Balaban J connectivity index is 2.45. The first kappa shape index (κ1) is 12.3. The highest BCUT2D eigenvalue weighted by atomic mass is 35.5. The van der Waals surface area contributed by atoms with E-state index in [1.54, 1.807) is 18.4 Å². The summed E-state index contributed by atoms with van der Waals surface area (Å²) in [5.41, 5.74) is 5.70. The van der Waals surface area contributed by atoms with Crippen molar-refractivity contribution in [1.29, 1.82) is 0 Å². The van der Waals surface area contributed by atoms with Gasteiger partial charge < -0.3 is 10.5 Å². The normalized spacial score (nSPS) is 13.1. The number of rotatable bonds is 6. The fourth-order valence-corrected chi connectivity index (χ4v) is 3.37. The highest BCUT2D eigenvalue weighted by Crippen LogP contribution is 2.34. The number of thioether (sulfide) groups is 1. The maximum atomic E-state index is 5.87. The van der Waals surface area contributed by atoms with Crippen molar-refractivity contribution in [3.8, 4) is 0 Å². The smallest absolute Gasteiger partial charge is 0.0931 e. The van der Waals surface area contributed by atoms with Gasteiger partial charge in [0.25, 0.3) is 0 Å². The van der Waals surface area contributed by atoms with Crippen LogP contribution in [-0.4, -0.2) is 26.0 Å². The molecule has 0 aliphatic heterocycles. The predicted molar refractivity (Wildman–Crippen MR) is 65.5 cm³/mol. The minimum absolute atomic E-state index is 0.350. The number of nitrogens with two attached hydrogens (primary N) is 1. The van der Waals surface area contributed by atoms with Crippen molar-refractivity contribution < 1.29 is 4.74 Å². The average molecular weight is 252 g/mol. The lowest BCUT2D eigenvalue weighted by Crippen LogP contribution is -2.09. The molecule has 2 N–H and O–H groups in total. The molecule has 1 heterocycles. The van der Waals surface area contributed by atoms with E-state index in [0.717, 1.165) is 16.7 Å². The van der Waals surface area contributed by atoms with Gasteiger partial charge >= 0.3 is 0 Å². The van der Waals surface area contributed by atoms with Crippen LogP contribution in [0, 0.1) is 0 Å². The number of hydrogen-bond donors (Lipinski definition) is 1. The number of thiophene rings is 1. The van der Waals surface area contributed by atoms with Crippen LogP contribution in [0.2, 0.25) is 4.34 Å². The molecule has 0 aromatic carbocycles. The van der Waals surface area contributed by atoms with Gasteiger partial charge in [0.15, 0.2) is 0 Å². The molecule has 1 aromatic heterocycles. The van der Waals surface area contributed by atoms with Crippen LogP contribution in [0.3, 0.4) is 0 Å². The van der Waals surface area contributed by atoms with Crippen LogP contribution in [0.1, 0.15) is 10.1 Å². The largest absolute Gasteiger partial charge is 0.384 e. The maximum Gasteiger partial charge on any atom is 0.0931 e. The Labute approximate surface area is 97.8 Å². The van der Waals surface area contributed by atoms with Crippen LogP contribution in [0.25, 0.3) is 0 Å². The molecule has 5 heteroatoms. The summed E-state index contributed by atoms with van der Waals surface area (Å²) < 4.78 is 5.82. The van der Waals surface area contributed by atoms with Crippen LogP contribution >= 0.6 is 34.7 Å². The standard InChI is InChI=1S/C9H14ClNOS2/c1-12-4-5-13-8(6-11)7-2-3-9(10)14-7/h2-3,8H,4-6,11H2,1H3. The molecule has 1 rings (SSSR count). The average Bonchev–Trinajstić information content (AvgIpc) is 2.60. The lowest BCUT2D eigenvalue weighted by molar-refractivity contribution is 0.218. The van der Waals surface area contributed by atoms with E-state index in [0.29, 0.717) is 11.8 Å². The molecule has 0 radical (unpaired) electrons. The molecule has 1 unspecified atom stereocenters. The first-order chi connectivity index (χ1) is 6.77. The summed E-state index contributed by atoms with van der Waals surface area (Å²) in [6.45, 7) is 1.41. The van der Waals surface area contributed by atoms with Gasteiger partial charge in [-0.2, -0.15) is 0 Å². The van der Waals surface area contributed by atoms with E-state index in [-0.39, 0.29) is 0 Å². The van der Waals surface area contributed by atoms with Gasteiger partial charge in [-0.15, -0.1) is 23.1 Å².